The first-order chi connectivity index (χ1) is 8.83. The normalized spacial score (nSPS) is 11.2. The third kappa shape index (κ3) is 5.15. The molecule has 1 aromatic rings. The highest BCUT2D eigenvalue weighted by Gasteiger charge is 2.16. The molecule has 0 bridgehead atoms. The zero-order valence-corrected chi connectivity index (χ0v) is 11.1. The number of nitrogens with one attached hydrogen (secondary N) is 1. The van der Waals surface area contributed by atoms with Crippen molar-refractivity contribution in [1.29, 1.82) is 0 Å². The number of aliphatic hydroxyl groups excluding tert-OH is 1. The highest BCUT2D eigenvalue weighted by atomic mass is 16.5. The third-order valence-corrected chi connectivity index (χ3v) is 2.31. The first-order valence-corrected chi connectivity index (χ1v) is 5.97. The van der Waals surface area contributed by atoms with Gasteiger partial charge in [0, 0.05) is 12.2 Å². The lowest BCUT2D eigenvalue weighted by molar-refractivity contribution is 0.0694. The maximum atomic E-state index is 11.9. The molecular weight excluding hydrogens is 248 g/mol. The van der Waals surface area contributed by atoms with Crippen molar-refractivity contribution in [3.05, 3.63) is 23.8 Å². The lowest BCUT2D eigenvalue weighted by atomic mass is 10.1. The van der Waals surface area contributed by atoms with Gasteiger partial charge >= 0.3 is 0 Å². The summed E-state index contributed by atoms with van der Waals surface area (Å²) in [4.78, 5) is 11.9. The number of anilines is 1. The monoisotopic (exact) mass is 268 g/mol. The van der Waals surface area contributed by atoms with Gasteiger partial charge in [0.1, 0.15) is 12.4 Å². The highest BCUT2D eigenvalue weighted by molar-refractivity contribution is 5.99. The van der Waals surface area contributed by atoms with Gasteiger partial charge in [0.15, 0.2) is 0 Å². The average Bonchev–Trinajstić information content (AvgIpc) is 2.34. The Morgan fingerprint density at radius 1 is 1.47 bits per heavy atom. The van der Waals surface area contributed by atoms with Crippen molar-refractivity contribution in [3.8, 4) is 5.75 Å². The molecule has 0 saturated carbocycles. The molecule has 0 fully saturated rings. The van der Waals surface area contributed by atoms with Gasteiger partial charge in [0.05, 0.1) is 17.8 Å². The van der Waals surface area contributed by atoms with E-state index in [1.165, 1.54) is 6.07 Å². The van der Waals surface area contributed by atoms with Crippen LogP contribution in [0.5, 0.6) is 5.75 Å². The van der Waals surface area contributed by atoms with Gasteiger partial charge in [-0.1, -0.05) is 0 Å². The van der Waals surface area contributed by atoms with Crippen LogP contribution in [0, 0.1) is 0 Å². The number of benzene rings is 1. The highest BCUT2D eigenvalue weighted by Crippen LogP contribution is 2.19. The molecule has 0 radical (unpaired) electrons. The number of rotatable bonds is 6. The van der Waals surface area contributed by atoms with E-state index in [0.717, 1.165) is 0 Å². The maximum Gasteiger partial charge on any atom is 0.253 e. The number of aliphatic hydroxyl groups is 2. The average molecular weight is 268 g/mol. The SMILES string of the molecule is CC(C)(O)CNC(=O)c1cc(OCCO)ccc1N. The number of hydrogen-bond acceptors (Lipinski definition) is 5. The summed E-state index contributed by atoms with van der Waals surface area (Å²) in [5.74, 6) is 0.0748. The summed E-state index contributed by atoms with van der Waals surface area (Å²) in [6.45, 7) is 3.35. The zero-order valence-electron chi connectivity index (χ0n) is 11.1. The molecule has 0 atom stereocenters. The molecular formula is C13H20N2O4. The van der Waals surface area contributed by atoms with E-state index < -0.39 is 5.60 Å². The molecule has 1 aromatic carbocycles. The molecule has 0 unspecified atom stereocenters. The van der Waals surface area contributed by atoms with E-state index in [9.17, 15) is 9.90 Å². The number of nitrogens with two attached hydrogens (primary N) is 1. The van der Waals surface area contributed by atoms with Crippen LogP contribution in [0.25, 0.3) is 0 Å². The Bertz CT molecular complexity index is 441. The maximum absolute atomic E-state index is 11.9. The van der Waals surface area contributed by atoms with Gasteiger partial charge in [-0.25, -0.2) is 0 Å². The van der Waals surface area contributed by atoms with Crippen molar-refractivity contribution in [2.45, 2.75) is 19.4 Å². The van der Waals surface area contributed by atoms with Crippen LogP contribution in [-0.4, -0.2) is 41.5 Å². The van der Waals surface area contributed by atoms with Gasteiger partial charge in [-0.15, -0.1) is 0 Å². The Morgan fingerprint density at radius 3 is 2.74 bits per heavy atom. The molecule has 6 nitrogen and oxygen atoms in total. The van der Waals surface area contributed by atoms with E-state index in [1.807, 2.05) is 0 Å². The van der Waals surface area contributed by atoms with Crippen LogP contribution in [-0.2, 0) is 0 Å². The van der Waals surface area contributed by atoms with Gasteiger partial charge in [-0.3, -0.25) is 4.79 Å². The lowest BCUT2D eigenvalue weighted by Gasteiger charge is -2.18. The van der Waals surface area contributed by atoms with Crippen LogP contribution in [0.1, 0.15) is 24.2 Å². The van der Waals surface area contributed by atoms with E-state index in [4.69, 9.17) is 15.6 Å². The number of ether oxygens (including phenoxy) is 1. The molecule has 0 heterocycles. The minimum Gasteiger partial charge on any atom is -0.491 e. The van der Waals surface area contributed by atoms with Crippen molar-refractivity contribution in [2.24, 2.45) is 0 Å². The summed E-state index contributed by atoms with van der Waals surface area (Å²) in [5, 5.41) is 20.8. The predicted molar refractivity (Wildman–Crippen MR) is 72.1 cm³/mol. The van der Waals surface area contributed by atoms with Crippen molar-refractivity contribution in [3.63, 3.8) is 0 Å². The summed E-state index contributed by atoms with van der Waals surface area (Å²) in [6.07, 6.45) is 0. The van der Waals surface area contributed by atoms with Crippen LogP contribution < -0.4 is 15.8 Å². The van der Waals surface area contributed by atoms with Crippen LogP contribution in [0.4, 0.5) is 5.69 Å². The summed E-state index contributed by atoms with van der Waals surface area (Å²) >= 11 is 0. The molecule has 5 N–H and O–H groups in total. The first kappa shape index (κ1) is 15.3. The molecule has 0 aliphatic carbocycles. The van der Waals surface area contributed by atoms with Crippen LogP contribution in [0.3, 0.4) is 0 Å². The Labute approximate surface area is 112 Å². The van der Waals surface area contributed by atoms with Crippen LogP contribution in [0.2, 0.25) is 0 Å². The third-order valence-electron chi connectivity index (χ3n) is 2.31. The number of carbonyl (C=O) groups is 1. The zero-order chi connectivity index (χ0) is 14.5. The van der Waals surface area contributed by atoms with Crippen molar-refractivity contribution >= 4 is 11.6 Å². The molecule has 0 saturated heterocycles. The molecule has 106 valence electrons. The fraction of sp³-hybridized carbons (Fsp3) is 0.462. The Kier molecular flexibility index (Phi) is 5.14. The largest absolute Gasteiger partial charge is 0.491 e. The number of nitrogen functional groups attached to an aromatic ring is 1. The Hall–Kier alpha value is -1.79. The van der Waals surface area contributed by atoms with Gasteiger partial charge in [0.2, 0.25) is 0 Å². The van der Waals surface area contributed by atoms with Crippen molar-refractivity contribution < 1.29 is 19.7 Å². The standard InChI is InChI=1S/C13H20N2O4/c1-13(2,18)8-15-12(17)10-7-9(19-6-5-16)3-4-11(10)14/h3-4,7,16,18H,5-6,8,14H2,1-2H3,(H,15,17). The fourth-order valence-corrected chi connectivity index (χ4v) is 1.38. The quantitative estimate of drug-likeness (QED) is 0.549. The van der Waals surface area contributed by atoms with E-state index in [2.05, 4.69) is 5.32 Å². The summed E-state index contributed by atoms with van der Waals surface area (Å²) < 4.78 is 5.21. The van der Waals surface area contributed by atoms with Gasteiger partial charge in [-0.2, -0.15) is 0 Å². The lowest BCUT2D eigenvalue weighted by Crippen LogP contribution is -2.38. The molecule has 0 spiro atoms. The van der Waals surface area contributed by atoms with Gasteiger partial charge in [-0.05, 0) is 32.0 Å². The minimum atomic E-state index is -0.991. The second-order valence-corrected chi connectivity index (χ2v) is 4.82. The fourth-order valence-electron chi connectivity index (χ4n) is 1.38. The number of hydrogen-bond donors (Lipinski definition) is 4. The summed E-state index contributed by atoms with van der Waals surface area (Å²) in [6, 6.07) is 4.69. The van der Waals surface area contributed by atoms with E-state index in [-0.39, 0.29) is 31.2 Å². The molecule has 0 aliphatic heterocycles. The van der Waals surface area contributed by atoms with Crippen LogP contribution in [0.15, 0.2) is 18.2 Å². The molecule has 1 rings (SSSR count). The second-order valence-electron chi connectivity index (χ2n) is 4.82. The number of amides is 1. The molecule has 6 heteroatoms. The molecule has 19 heavy (non-hydrogen) atoms. The van der Waals surface area contributed by atoms with E-state index in [1.54, 1.807) is 26.0 Å². The van der Waals surface area contributed by atoms with E-state index >= 15 is 0 Å². The predicted octanol–water partition coefficient (Wildman–Crippen LogP) is 0.141. The van der Waals surface area contributed by atoms with Gasteiger partial charge in [0.25, 0.3) is 5.91 Å². The Morgan fingerprint density at radius 2 is 2.16 bits per heavy atom. The smallest absolute Gasteiger partial charge is 0.253 e. The topological polar surface area (TPSA) is 105 Å². The van der Waals surface area contributed by atoms with Crippen molar-refractivity contribution in [1.82, 2.24) is 5.32 Å². The summed E-state index contributed by atoms with van der Waals surface area (Å²) in [5.41, 5.74) is 5.34. The summed E-state index contributed by atoms with van der Waals surface area (Å²) in [7, 11) is 0. The molecule has 0 aliphatic rings. The van der Waals surface area contributed by atoms with Crippen LogP contribution >= 0.6 is 0 Å². The Balaban J connectivity index is 2.77. The number of carbonyl (C=O) groups excluding carboxylic acids is 1. The first-order valence-electron chi connectivity index (χ1n) is 5.97. The molecule has 1 amide bonds. The van der Waals surface area contributed by atoms with Crippen molar-refractivity contribution in [2.75, 3.05) is 25.5 Å². The molecule has 0 aromatic heterocycles. The minimum absolute atomic E-state index is 0.107. The second kappa shape index (κ2) is 6.40. The van der Waals surface area contributed by atoms with Gasteiger partial charge < -0.3 is 26.0 Å². The van der Waals surface area contributed by atoms with E-state index in [0.29, 0.717) is 11.4 Å².